The van der Waals surface area contributed by atoms with Gasteiger partial charge in [0.25, 0.3) is 0 Å². The molecule has 2 rings (SSSR count). The highest BCUT2D eigenvalue weighted by Crippen LogP contribution is 2.26. The summed E-state index contributed by atoms with van der Waals surface area (Å²) in [7, 11) is 0. The normalized spacial score (nSPS) is 20.2. The number of halogens is 3. The van der Waals surface area contributed by atoms with Crippen LogP contribution in [-0.2, 0) is 16.0 Å². The summed E-state index contributed by atoms with van der Waals surface area (Å²) >= 11 is 1.46. The number of rotatable bonds is 3. The van der Waals surface area contributed by atoms with E-state index in [0.717, 1.165) is 10.6 Å². The van der Waals surface area contributed by atoms with Crippen LogP contribution in [0.3, 0.4) is 0 Å². The van der Waals surface area contributed by atoms with E-state index < -0.39 is 18.8 Å². The first-order valence-electron chi connectivity index (χ1n) is 6.23. The molecule has 1 atom stereocenters. The smallest absolute Gasteiger partial charge is 0.365 e. The first-order valence-corrected chi connectivity index (χ1v) is 7.11. The van der Waals surface area contributed by atoms with Gasteiger partial charge in [-0.3, -0.25) is 4.79 Å². The lowest BCUT2D eigenvalue weighted by Crippen LogP contribution is -2.51. The molecule has 2 heterocycles. The molecule has 1 saturated heterocycles. The van der Waals surface area contributed by atoms with Crippen molar-refractivity contribution in [2.75, 3.05) is 19.7 Å². The molecule has 0 bridgehead atoms. The second-order valence-electron chi connectivity index (χ2n) is 4.60. The van der Waals surface area contributed by atoms with Crippen LogP contribution in [0.5, 0.6) is 0 Å². The minimum Gasteiger partial charge on any atom is -0.365 e. The highest BCUT2D eigenvalue weighted by Gasteiger charge is 2.44. The Kier molecular flexibility index (Phi) is 4.64. The Labute approximate surface area is 118 Å². The predicted molar refractivity (Wildman–Crippen MR) is 67.5 cm³/mol. The fourth-order valence-corrected chi connectivity index (χ4v) is 2.80. The van der Waals surface area contributed by atoms with Crippen LogP contribution in [-0.4, -0.2) is 47.8 Å². The number of alkyl halides is 3. The van der Waals surface area contributed by atoms with Crippen LogP contribution >= 0.6 is 11.3 Å². The molecule has 0 saturated carbocycles. The summed E-state index contributed by atoms with van der Waals surface area (Å²) in [5.41, 5.74) is 2.57. The molecule has 1 aliphatic heterocycles. The lowest BCUT2D eigenvalue weighted by Gasteiger charge is -2.33. The molecule has 1 fully saturated rings. The number of carbonyl (C=O) groups excluding carboxylic acids is 1. The lowest BCUT2D eigenvalue weighted by atomic mass is 10.2. The van der Waals surface area contributed by atoms with Gasteiger partial charge in [0, 0.05) is 17.8 Å². The molecule has 0 N–H and O–H groups in total. The highest BCUT2D eigenvalue weighted by molar-refractivity contribution is 7.09. The van der Waals surface area contributed by atoms with Crippen molar-refractivity contribution in [1.29, 1.82) is 0 Å². The topological polar surface area (TPSA) is 42.4 Å². The maximum Gasteiger partial charge on any atom is 0.416 e. The molecule has 1 unspecified atom stereocenters. The average Bonchev–Trinajstić information content (AvgIpc) is 2.81. The van der Waals surface area contributed by atoms with E-state index in [1.54, 1.807) is 5.51 Å². The quantitative estimate of drug-likeness (QED) is 0.859. The van der Waals surface area contributed by atoms with Gasteiger partial charge < -0.3 is 9.64 Å². The van der Waals surface area contributed by atoms with Crippen LogP contribution in [0.2, 0.25) is 0 Å². The zero-order valence-electron chi connectivity index (χ0n) is 10.9. The molecule has 0 radical (unpaired) electrons. The summed E-state index contributed by atoms with van der Waals surface area (Å²) in [4.78, 5) is 18.3. The van der Waals surface area contributed by atoms with Gasteiger partial charge in [0.2, 0.25) is 5.91 Å². The molecule has 4 nitrogen and oxygen atoms in total. The molecular weight excluding hydrogens is 293 g/mol. The average molecular weight is 308 g/mol. The zero-order valence-corrected chi connectivity index (χ0v) is 11.8. The number of aromatic nitrogens is 1. The van der Waals surface area contributed by atoms with E-state index in [9.17, 15) is 18.0 Å². The van der Waals surface area contributed by atoms with Crippen molar-refractivity contribution in [2.24, 2.45) is 0 Å². The van der Waals surface area contributed by atoms with Crippen molar-refractivity contribution in [3.63, 3.8) is 0 Å². The van der Waals surface area contributed by atoms with Gasteiger partial charge in [-0.05, 0) is 13.3 Å². The molecule has 112 valence electrons. The van der Waals surface area contributed by atoms with Gasteiger partial charge >= 0.3 is 6.18 Å². The summed E-state index contributed by atoms with van der Waals surface area (Å²) in [5.74, 6) is -0.268. The Hall–Kier alpha value is -1.15. The van der Waals surface area contributed by atoms with Gasteiger partial charge in [0.05, 0.1) is 24.4 Å². The summed E-state index contributed by atoms with van der Waals surface area (Å²) in [6, 6.07) is 0. The van der Waals surface area contributed by atoms with Crippen LogP contribution < -0.4 is 0 Å². The van der Waals surface area contributed by atoms with Crippen molar-refractivity contribution < 1.29 is 22.7 Å². The third-order valence-electron chi connectivity index (χ3n) is 3.20. The summed E-state index contributed by atoms with van der Waals surface area (Å²) < 4.78 is 42.4. The number of carbonyl (C=O) groups is 1. The number of nitrogens with zero attached hydrogens (tertiary/aromatic N) is 2. The Morgan fingerprint density at radius 2 is 2.35 bits per heavy atom. The molecule has 1 aliphatic rings. The number of hydrogen-bond acceptors (Lipinski definition) is 4. The van der Waals surface area contributed by atoms with Crippen LogP contribution in [0, 0.1) is 6.92 Å². The van der Waals surface area contributed by atoms with E-state index in [-0.39, 0.29) is 25.5 Å². The van der Waals surface area contributed by atoms with E-state index in [1.165, 1.54) is 16.2 Å². The molecule has 0 aromatic carbocycles. The van der Waals surface area contributed by atoms with E-state index >= 15 is 0 Å². The minimum atomic E-state index is -4.42. The van der Waals surface area contributed by atoms with Crippen LogP contribution in [0.4, 0.5) is 13.2 Å². The van der Waals surface area contributed by atoms with Crippen LogP contribution in [0.1, 0.15) is 17.0 Å². The van der Waals surface area contributed by atoms with Gasteiger partial charge in [-0.15, -0.1) is 11.3 Å². The van der Waals surface area contributed by atoms with Gasteiger partial charge in [-0.2, -0.15) is 13.2 Å². The molecular formula is C12H15F3N2O2S. The van der Waals surface area contributed by atoms with Crippen molar-refractivity contribution in [2.45, 2.75) is 32.0 Å². The number of morpholine rings is 1. The van der Waals surface area contributed by atoms with Crippen molar-refractivity contribution in [3.8, 4) is 0 Å². The number of hydrogen-bond donors (Lipinski definition) is 0. The number of amides is 1. The standard InChI is InChI=1S/C12H15F3N2O2S/c1-8-9(20-7-16-8)2-3-11(18)17-4-5-19-10(6-17)12(13,14)15/h7,10H,2-6H2,1H3. The number of aryl methyl sites for hydroxylation is 2. The second kappa shape index (κ2) is 6.09. The molecule has 0 aliphatic carbocycles. The van der Waals surface area contributed by atoms with Crippen LogP contribution in [0.15, 0.2) is 5.51 Å². The Morgan fingerprint density at radius 1 is 1.60 bits per heavy atom. The number of ether oxygens (including phenoxy) is 1. The first kappa shape index (κ1) is 15.2. The Balaban J connectivity index is 1.88. The third kappa shape index (κ3) is 3.69. The van der Waals surface area contributed by atoms with Gasteiger partial charge in [0.15, 0.2) is 6.10 Å². The van der Waals surface area contributed by atoms with Crippen LogP contribution in [0.25, 0.3) is 0 Å². The molecule has 20 heavy (non-hydrogen) atoms. The van der Waals surface area contributed by atoms with E-state index in [1.807, 2.05) is 6.92 Å². The maximum absolute atomic E-state index is 12.6. The first-order chi connectivity index (χ1) is 9.38. The van der Waals surface area contributed by atoms with Crippen molar-refractivity contribution in [1.82, 2.24) is 9.88 Å². The minimum absolute atomic E-state index is 0.0739. The highest BCUT2D eigenvalue weighted by atomic mass is 32.1. The van der Waals surface area contributed by atoms with E-state index in [0.29, 0.717) is 6.42 Å². The maximum atomic E-state index is 12.6. The molecule has 1 amide bonds. The van der Waals surface area contributed by atoms with Gasteiger partial charge in [0.1, 0.15) is 0 Å². The second-order valence-corrected chi connectivity index (χ2v) is 5.54. The monoisotopic (exact) mass is 308 g/mol. The predicted octanol–water partition coefficient (Wildman–Crippen LogP) is 2.17. The molecule has 1 aromatic rings. The fraction of sp³-hybridized carbons (Fsp3) is 0.667. The Morgan fingerprint density at radius 3 is 2.95 bits per heavy atom. The van der Waals surface area contributed by atoms with Gasteiger partial charge in [-0.25, -0.2) is 4.98 Å². The third-order valence-corrected chi connectivity index (χ3v) is 4.19. The Bertz CT molecular complexity index is 476. The van der Waals surface area contributed by atoms with Gasteiger partial charge in [-0.1, -0.05) is 0 Å². The molecule has 1 aromatic heterocycles. The summed E-state index contributed by atoms with van der Waals surface area (Å²) in [6.45, 7) is 1.58. The zero-order chi connectivity index (χ0) is 14.8. The molecule has 8 heteroatoms. The van der Waals surface area contributed by atoms with Crippen molar-refractivity contribution in [3.05, 3.63) is 16.1 Å². The fourth-order valence-electron chi connectivity index (χ4n) is 2.02. The van der Waals surface area contributed by atoms with E-state index in [2.05, 4.69) is 9.72 Å². The van der Waals surface area contributed by atoms with E-state index in [4.69, 9.17) is 0 Å². The molecule has 0 spiro atoms. The van der Waals surface area contributed by atoms with Crippen molar-refractivity contribution >= 4 is 17.2 Å². The largest absolute Gasteiger partial charge is 0.416 e. The summed E-state index contributed by atoms with van der Waals surface area (Å²) in [5, 5.41) is 0. The summed E-state index contributed by atoms with van der Waals surface area (Å²) in [6.07, 6.45) is -5.57. The number of thiazole rings is 1. The lowest BCUT2D eigenvalue weighted by molar-refractivity contribution is -0.236. The SMILES string of the molecule is Cc1ncsc1CCC(=O)N1CCOC(C(F)(F)F)C1.